The number of likely N-dealkylation sites (tertiary alicyclic amines) is 1. The van der Waals surface area contributed by atoms with Crippen LogP contribution >= 0.6 is 0 Å². The third-order valence-electron chi connectivity index (χ3n) is 7.77. The van der Waals surface area contributed by atoms with Crippen molar-refractivity contribution in [2.45, 2.75) is 69.9 Å². The topological polar surface area (TPSA) is 107 Å². The summed E-state index contributed by atoms with van der Waals surface area (Å²) in [5.74, 6) is 3.10. The van der Waals surface area contributed by atoms with Gasteiger partial charge in [-0.05, 0) is 50.4 Å². The lowest BCUT2D eigenvalue weighted by Gasteiger charge is -2.39. The second kappa shape index (κ2) is 7.46. The third kappa shape index (κ3) is 3.34. The molecule has 4 heterocycles. The Labute approximate surface area is 181 Å². The average Bonchev–Trinajstić information content (AvgIpc) is 3.51. The van der Waals surface area contributed by atoms with Crippen molar-refractivity contribution in [3.05, 3.63) is 6.33 Å². The molecule has 4 aliphatic rings. The van der Waals surface area contributed by atoms with Crippen LogP contribution in [0.3, 0.4) is 0 Å². The van der Waals surface area contributed by atoms with E-state index in [4.69, 9.17) is 4.98 Å². The number of carbonyl (C=O) groups is 2. The van der Waals surface area contributed by atoms with Crippen molar-refractivity contribution in [3.63, 3.8) is 0 Å². The van der Waals surface area contributed by atoms with Crippen molar-refractivity contribution in [1.29, 1.82) is 0 Å². The zero-order valence-corrected chi connectivity index (χ0v) is 17.7. The molecular weight excluding hydrogens is 394 g/mol. The van der Waals surface area contributed by atoms with Gasteiger partial charge in [0.15, 0.2) is 11.5 Å². The van der Waals surface area contributed by atoms with Gasteiger partial charge in [-0.1, -0.05) is 6.42 Å². The minimum atomic E-state index is -0.00922. The van der Waals surface area contributed by atoms with Crippen LogP contribution in [0.25, 0.3) is 11.2 Å². The summed E-state index contributed by atoms with van der Waals surface area (Å²) in [7, 11) is 0. The number of piperidine rings is 2. The molecule has 3 unspecified atom stereocenters. The molecule has 3 atom stereocenters. The summed E-state index contributed by atoms with van der Waals surface area (Å²) < 4.78 is 0. The fraction of sp³-hybridized carbons (Fsp3) is 0.682. The Bertz CT molecular complexity index is 996. The minimum Gasteiger partial charge on any atom is -0.355 e. The number of hydrogen-bond donors (Lipinski definition) is 2. The van der Waals surface area contributed by atoms with Crippen molar-refractivity contribution >= 4 is 34.7 Å². The zero-order chi connectivity index (χ0) is 20.9. The number of rotatable bonds is 4. The van der Waals surface area contributed by atoms with Crippen LogP contribution in [-0.2, 0) is 9.59 Å². The van der Waals surface area contributed by atoms with Crippen LogP contribution in [0.4, 0.5) is 11.8 Å². The second-order valence-electron chi connectivity index (χ2n) is 9.63. The molecule has 2 N–H and O–H groups in total. The summed E-state index contributed by atoms with van der Waals surface area (Å²) in [4.78, 5) is 45.5. The van der Waals surface area contributed by atoms with E-state index in [2.05, 4.69) is 25.2 Å². The number of H-pyrrole nitrogens is 1. The predicted molar refractivity (Wildman–Crippen MR) is 115 cm³/mol. The second-order valence-corrected chi connectivity index (χ2v) is 9.63. The summed E-state index contributed by atoms with van der Waals surface area (Å²) in [5, 5.41) is 3.61. The van der Waals surface area contributed by atoms with Gasteiger partial charge >= 0.3 is 0 Å². The molecule has 9 nitrogen and oxygen atoms in total. The first-order chi connectivity index (χ1) is 15.2. The van der Waals surface area contributed by atoms with Gasteiger partial charge in [0.05, 0.1) is 6.33 Å². The van der Waals surface area contributed by atoms with Crippen LogP contribution in [0.5, 0.6) is 0 Å². The SMILES string of the molecule is O=C1CCCC(=O)N1C1CCN(c2nc(NC3CC4CCC3C4)nc3nc[nH]c23)CC1. The monoisotopic (exact) mass is 423 g/mol. The molecule has 2 saturated heterocycles. The molecule has 2 aliphatic heterocycles. The first-order valence-corrected chi connectivity index (χ1v) is 11.7. The number of amides is 2. The summed E-state index contributed by atoms with van der Waals surface area (Å²) in [6, 6.07) is 0.465. The number of imidazole rings is 1. The van der Waals surface area contributed by atoms with Crippen LogP contribution in [-0.4, -0.2) is 61.8 Å². The lowest BCUT2D eigenvalue weighted by atomic mass is 9.95. The van der Waals surface area contributed by atoms with Crippen LogP contribution in [0.2, 0.25) is 0 Å². The first kappa shape index (κ1) is 19.0. The van der Waals surface area contributed by atoms with Crippen molar-refractivity contribution < 1.29 is 9.59 Å². The van der Waals surface area contributed by atoms with Crippen molar-refractivity contribution in [1.82, 2.24) is 24.8 Å². The highest BCUT2D eigenvalue weighted by atomic mass is 16.2. The van der Waals surface area contributed by atoms with Gasteiger partial charge in [-0.3, -0.25) is 14.5 Å². The zero-order valence-electron chi connectivity index (χ0n) is 17.7. The molecule has 2 amide bonds. The Morgan fingerprint density at radius 1 is 1.00 bits per heavy atom. The minimum absolute atomic E-state index is 0.00211. The van der Waals surface area contributed by atoms with Gasteiger partial charge in [-0.2, -0.15) is 9.97 Å². The van der Waals surface area contributed by atoms with E-state index in [0.29, 0.717) is 36.9 Å². The number of carbonyl (C=O) groups excluding carboxylic acids is 2. The molecule has 9 heteroatoms. The summed E-state index contributed by atoms with van der Waals surface area (Å²) in [6.07, 6.45) is 10.1. The van der Waals surface area contributed by atoms with Crippen molar-refractivity contribution in [2.75, 3.05) is 23.3 Å². The Kier molecular flexibility index (Phi) is 4.57. The lowest BCUT2D eigenvalue weighted by Crippen LogP contribution is -2.51. The fourth-order valence-electron chi connectivity index (χ4n) is 6.21. The maximum atomic E-state index is 12.3. The highest BCUT2D eigenvalue weighted by Crippen LogP contribution is 2.45. The molecule has 2 aromatic heterocycles. The number of anilines is 2. The van der Waals surface area contributed by atoms with E-state index in [-0.39, 0.29) is 17.9 Å². The van der Waals surface area contributed by atoms with Crippen molar-refractivity contribution in [2.24, 2.45) is 11.8 Å². The van der Waals surface area contributed by atoms with Crippen LogP contribution in [0.1, 0.15) is 57.8 Å². The van der Waals surface area contributed by atoms with Gasteiger partial charge in [-0.25, -0.2) is 4.98 Å². The number of aromatic amines is 1. The average molecular weight is 424 g/mol. The first-order valence-electron chi connectivity index (χ1n) is 11.7. The van der Waals surface area contributed by atoms with Crippen LogP contribution < -0.4 is 10.2 Å². The maximum Gasteiger partial charge on any atom is 0.229 e. The van der Waals surface area contributed by atoms with Gasteiger partial charge in [0.1, 0.15) is 5.52 Å². The Balaban J connectivity index is 1.20. The maximum absolute atomic E-state index is 12.3. The third-order valence-corrected chi connectivity index (χ3v) is 7.77. The lowest BCUT2D eigenvalue weighted by molar-refractivity contribution is -0.151. The fourth-order valence-corrected chi connectivity index (χ4v) is 6.21. The van der Waals surface area contributed by atoms with Gasteiger partial charge < -0.3 is 15.2 Å². The number of aromatic nitrogens is 4. The summed E-state index contributed by atoms with van der Waals surface area (Å²) in [5.41, 5.74) is 1.53. The van der Waals surface area contributed by atoms with E-state index >= 15 is 0 Å². The predicted octanol–water partition coefficient (Wildman–Crippen LogP) is 2.46. The van der Waals surface area contributed by atoms with Gasteiger partial charge in [0.25, 0.3) is 0 Å². The summed E-state index contributed by atoms with van der Waals surface area (Å²) >= 11 is 0. The van der Waals surface area contributed by atoms with E-state index in [9.17, 15) is 9.59 Å². The highest BCUT2D eigenvalue weighted by Gasteiger charge is 2.40. The smallest absolute Gasteiger partial charge is 0.229 e. The quantitative estimate of drug-likeness (QED) is 0.728. The Hall–Kier alpha value is -2.71. The number of imide groups is 1. The summed E-state index contributed by atoms with van der Waals surface area (Å²) in [6.45, 7) is 1.50. The van der Waals surface area contributed by atoms with Crippen LogP contribution in [0.15, 0.2) is 6.33 Å². The molecule has 0 spiro atoms. The number of nitrogens with zero attached hydrogens (tertiary/aromatic N) is 5. The van der Waals surface area contributed by atoms with E-state index in [1.165, 1.54) is 30.6 Å². The normalized spacial score (nSPS) is 29.4. The molecule has 2 aromatic rings. The molecular formula is C22H29N7O2. The molecule has 2 saturated carbocycles. The van der Waals surface area contributed by atoms with Crippen LogP contribution in [0, 0.1) is 11.8 Å². The van der Waals surface area contributed by atoms with Crippen molar-refractivity contribution in [3.8, 4) is 0 Å². The molecule has 164 valence electrons. The number of nitrogens with one attached hydrogen (secondary N) is 2. The van der Waals surface area contributed by atoms with E-state index in [1.807, 2.05) is 0 Å². The molecule has 4 fully saturated rings. The Morgan fingerprint density at radius 3 is 2.52 bits per heavy atom. The van der Waals surface area contributed by atoms with E-state index in [1.54, 1.807) is 6.33 Å². The molecule has 0 radical (unpaired) electrons. The molecule has 0 aromatic carbocycles. The number of hydrogen-bond acceptors (Lipinski definition) is 7. The van der Waals surface area contributed by atoms with E-state index in [0.717, 1.165) is 49.1 Å². The number of fused-ring (bicyclic) bond motifs is 3. The molecule has 2 aliphatic carbocycles. The standard InChI is InChI=1S/C22H29N7O2/c30-17-2-1-3-18(31)29(17)15-6-8-28(9-7-15)21-19-20(24-12-23-19)26-22(27-21)25-16-11-13-4-5-14(16)10-13/h12-16H,1-11H2,(H2,23,24,25,26,27). The Morgan fingerprint density at radius 2 is 1.81 bits per heavy atom. The molecule has 6 rings (SSSR count). The molecule has 31 heavy (non-hydrogen) atoms. The molecule has 2 bridgehead atoms. The van der Waals surface area contributed by atoms with E-state index < -0.39 is 0 Å². The van der Waals surface area contributed by atoms with Gasteiger partial charge in [-0.15, -0.1) is 0 Å². The van der Waals surface area contributed by atoms with Gasteiger partial charge in [0, 0.05) is 38.0 Å². The largest absolute Gasteiger partial charge is 0.355 e. The van der Waals surface area contributed by atoms with Gasteiger partial charge in [0.2, 0.25) is 17.8 Å². The highest BCUT2D eigenvalue weighted by molar-refractivity contribution is 5.98.